The van der Waals surface area contributed by atoms with E-state index in [4.69, 9.17) is 9.47 Å². The van der Waals surface area contributed by atoms with E-state index in [1.807, 2.05) is 48.5 Å². The zero-order chi connectivity index (χ0) is 17.9. The number of carbonyl (C=O) groups is 1. The van der Waals surface area contributed by atoms with Crippen molar-refractivity contribution in [2.24, 2.45) is 5.92 Å². The van der Waals surface area contributed by atoms with Gasteiger partial charge in [-0.15, -0.1) is 0 Å². The van der Waals surface area contributed by atoms with Crippen LogP contribution in [0.25, 0.3) is 11.1 Å². The number of aliphatic hydroxyl groups is 1. The third kappa shape index (κ3) is 3.69. The van der Waals surface area contributed by atoms with Crippen molar-refractivity contribution in [3.8, 4) is 16.9 Å². The summed E-state index contributed by atoms with van der Waals surface area (Å²) in [4.78, 5) is 11.6. The van der Waals surface area contributed by atoms with Gasteiger partial charge >= 0.3 is 5.97 Å². The van der Waals surface area contributed by atoms with Crippen molar-refractivity contribution < 1.29 is 19.4 Å². The lowest BCUT2D eigenvalue weighted by Crippen LogP contribution is -2.34. The first kappa shape index (κ1) is 17.5. The van der Waals surface area contributed by atoms with Crippen LogP contribution in [0.3, 0.4) is 0 Å². The molecule has 1 aliphatic rings. The number of rotatable bonds is 4. The average Bonchev–Trinajstić information content (AvgIpc) is 2.68. The molecule has 0 saturated heterocycles. The summed E-state index contributed by atoms with van der Waals surface area (Å²) in [6.45, 7) is 0. The minimum atomic E-state index is -0.858. The second kappa shape index (κ2) is 7.28. The minimum absolute atomic E-state index is 0.0937. The number of esters is 1. The molecule has 0 heterocycles. The lowest BCUT2D eigenvalue weighted by atomic mass is 9.75. The Hall–Kier alpha value is -2.33. The van der Waals surface area contributed by atoms with Crippen LogP contribution in [-0.2, 0) is 15.1 Å². The van der Waals surface area contributed by atoms with E-state index in [0.717, 1.165) is 22.4 Å². The monoisotopic (exact) mass is 340 g/mol. The molecule has 25 heavy (non-hydrogen) atoms. The molecule has 1 N–H and O–H groups in total. The van der Waals surface area contributed by atoms with Crippen LogP contribution in [0.5, 0.6) is 5.75 Å². The van der Waals surface area contributed by atoms with Crippen LogP contribution in [0.1, 0.15) is 31.2 Å². The van der Waals surface area contributed by atoms with Crippen molar-refractivity contribution in [2.75, 3.05) is 14.2 Å². The minimum Gasteiger partial charge on any atom is -0.497 e. The highest BCUT2D eigenvalue weighted by molar-refractivity contribution is 5.72. The third-order valence-corrected chi connectivity index (χ3v) is 5.19. The molecule has 0 aliphatic heterocycles. The van der Waals surface area contributed by atoms with Crippen molar-refractivity contribution in [1.29, 1.82) is 0 Å². The maximum absolute atomic E-state index is 11.6. The van der Waals surface area contributed by atoms with E-state index in [2.05, 4.69) is 0 Å². The molecule has 0 radical (unpaired) electrons. The first-order chi connectivity index (χ1) is 12.1. The van der Waals surface area contributed by atoms with Gasteiger partial charge in [0.2, 0.25) is 0 Å². The molecule has 0 atom stereocenters. The molecule has 132 valence electrons. The number of methoxy groups -OCH3 is 2. The van der Waals surface area contributed by atoms with Crippen LogP contribution >= 0.6 is 0 Å². The maximum Gasteiger partial charge on any atom is 0.308 e. The Morgan fingerprint density at radius 1 is 0.960 bits per heavy atom. The van der Waals surface area contributed by atoms with Crippen LogP contribution in [-0.4, -0.2) is 25.3 Å². The Morgan fingerprint density at radius 3 is 1.96 bits per heavy atom. The van der Waals surface area contributed by atoms with Crippen LogP contribution in [0.2, 0.25) is 0 Å². The summed E-state index contributed by atoms with van der Waals surface area (Å²) in [5, 5.41) is 11.0. The van der Waals surface area contributed by atoms with Gasteiger partial charge in [-0.2, -0.15) is 0 Å². The Labute approximate surface area is 148 Å². The molecule has 3 rings (SSSR count). The van der Waals surface area contributed by atoms with E-state index in [0.29, 0.717) is 25.7 Å². The summed E-state index contributed by atoms with van der Waals surface area (Å²) in [6.07, 6.45) is 2.47. The molecular weight excluding hydrogens is 316 g/mol. The van der Waals surface area contributed by atoms with Gasteiger partial charge in [-0.05, 0) is 54.5 Å². The van der Waals surface area contributed by atoms with E-state index >= 15 is 0 Å². The molecule has 2 aromatic carbocycles. The molecule has 0 amide bonds. The SMILES string of the molecule is COC(=O)C1CCC(O)(c2ccc(-c3ccc(OC)cc3)cc2)CC1. The fraction of sp³-hybridized carbons (Fsp3) is 0.381. The summed E-state index contributed by atoms with van der Waals surface area (Å²) >= 11 is 0. The smallest absolute Gasteiger partial charge is 0.308 e. The van der Waals surface area contributed by atoms with Gasteiger partial charge in [0.05, 0.1) is 25.7 Å². The average molecular weight is 340 g/mol. The molecule has 2 aromatic rings. The van der Waals surface area contributed by atoms with Crippen molar-refractivity contribution in [1.82, 2.24) is 0 Å². The number of hydrogen-bond donors (Lipinski definition) is 1. The highest BCUT2D eigenvalue weighted by atomic mass is 16.5. The van der Waals surface area contributed by atoms with E-state index in [1.165, 1.54) is 7.11 Å². The topological polar surface area (TPSA) is 55.8 Å². The second-order valence-electron chi connectivity index (χ2n) is 6.63. The van der Waals surface area contributed by atoms with E-state index < -0.39 is 5.60 Å². The fourth-order valence-corrected chi connectivity index (χ4v) is 3.54. The van der Waals surface area contributed by atoms with Crippen molar-refractivity contribution in [3.63, 3.8) is 0 Å². The fourth-order valence-electron chi connectivity index (χ4n) is 3.54. The first-order valence-electron chi connectivity index (χ1n) is 8.61. The summed E-state index contributed by atoms with van der Waals surface area (Å²) < 4.78 is 10.00. The van der Waals surface area contributed by atoms with Crippen LogP contribution < -0.4 is 4.74 Å². The summed E-state index contributed by atoms with van der Waals surface area (Å²) in [5.74, 6) is 0.567. The van der Waals surface area contributed by atoms with Crippen molar-refractivity contribution in [2.45, 2.75) is 31.3 Å². The zero-order valence-electron chi connectivity index (χ0n) is 14.7. The molecule has 0 aromatic heterocycles. The number of hydrogen-bond acceptors (Lipinski definition) is 4. The Morgan fingerprint density at radius 2 is 1.48 bits per heavy atom. The predicted molar refractivity (Wildman–Crippen MR) is 96.3 cm³/mol. The molecule has 1 fully saturated rings. The quantitative estimate of drug-likeness (QED) is 0.857. The maximum atomic E-state index is 11.6. The zero-order valence-corrected chi connectivity index (χ0v) is 14.7. The molecule has 0 spiro atoms. The van der Waals surface area contributed by atoms with Gasteiger partial charge in [-0.25, -0.2) is 0 Å². The lowest BCUT2D eigenvalue weighted by molar-refractivity contribution is -0.148. The van der Waals surface area contributed by atoms with Gasteiger partial charge in [0.15, 0.2) is 0 Å². The highest BCUT2D eigenvalue weighted by Gasteiger charge is 2.37. The lowest BCUT2D eigenvalue weighted by Gasteiger charge is -2.35. The standard InChI is InChI=1S/C21H24O4/c1-24-19-9-5-16(6-10-19)15-3-7-18(8-4-15)21(23)13-11-17(12-14-21)20(22)25-2/h3-10,17,23H,11-14H2,1-2H3. The molecule has 0 bridgehead atoms. The number of ether oxygens (including phenoxy) is 2. The molecular formula is C21H24O4. The van der Waals surface area contributed by atoms with Crippen LogP contribution in [0, 0.1) is 5.92 Å². The summed E-state index contributed by atoms with van der Waals surface area (Å²) in [7, 11) is 3.07. The molecule has 4 heteroatoms. The number of carbonyl (C=O) groups excluding carboxylic acids is 1. The van der Waals surface area contributed by atoms with Crippen LogP contribution in [0.4, 0.5) is 0 Å². The van der Waals surface area contributed by atoms with E-state index in [-0.39, 0.29) is 11.9 Å². The van der Waals surface area contributed by atoms with Gasteiger partial charge in [-0.1, -0.05) is 36.4 Å². The second-order valence-corrected chi connectivity index (χ2v) is 6.63. The molecule has 0 unspecified atom stereocenters. The number of benzene rings is 2. The van der Waals surface area contributed by atoms with Crippen molar-refractivity contribution in [3.05, 3.63) is 54.1 Å². The predicted octanol–water partition coefficient (Wildman–Crippen LogP) is 3.91. The van der Waals surface area contributed by atoms with E-state index in [1.54, 1.807) is 7.11 Å². The highest BCUT2D eigenvalue weighted by Crippen LogP contribution is 2.40. The van der Waals surface area contributed by atoms with E-state index in [9.17, 15) is 9.90 Å². The molecule has 1 aliphatic carbocycles. The van der Waals surface area contributed by atoms with Gasteiger partial charge in [0, 0.05) is 0 Å². The Balaban J connectivity index is 1.72. The van der Waals surface area contributed by atoms with Crippen molar-refractivity contribution >= 4 is 5.97 Å². The summed E-state index contributed by atoms with van der Waals surface area (Å²) in [6, 6.07) is 15.9. The van der Waals surface area contributed by atoms with Crippen LogP contribution in [0.15, 0.2) is 48.5 Å². The third-order valence-electron chi connectivity index (χ3n) is 5.19. The Bertz CT molecular complexity index is 711. The molecule has 1 saturated carbocycles. The normalized spacial score (nSPS) is 23.1. The summed E-state index contributed by atoms with van der Waals surface area (Å²) in [5.41, 5.74) is 2.25. The molecule has 4 nitrogen and oxygen atoms in total. The largest absolute Gasteiger partial charge is 0.497 e. The van der Waals surface area contributed by atoms with Gasteiger partial charge in [-0.3, -0.25) is 4.79 Å². The van der Waals surface area contributed by atoms with Gasteiger partial charge in [0.25, 0.3) is 0 Å². The van der Waals surface area contributed by atoms with Gasteiger partial charge in [0.1, 0.15) is 5.75 Å². The Kier molecular flexibility index (Phi) is 5.09. The first-order valence-corrected chi connectivity index (χ1v) is 8.61. The van der Waals surface area contributed by atoms with Gasteiger partial charge < -0.3 is 14.6 Å².